The van der Waals surface area contributed by atoms with Gasteiger partial charge in [-0.2, -0.15) is 4.31 Å². The summed E-state index contributed by atoms with van der Waals surface area (Å²) in [6.45, 7) is 0.622. The van der Waals surface area contributed by atoms with Gasteiger partial charge >= 0.3 is 0 Å². The molecule has 0 amide bonds. The van der Waals surface area contributed by atoms with Gasteiger partial charge in [-0.25, -0.2) is 16.8 Å². The quantitative estimate of drug-likeness (QED) is 0.800. The molecule has 1 N–H and O–H groups in total. The molecule has 0 spiro atoms. The van der Waals surface area contributed by atoms with Gasteiger partial charge in [0.15, 0.2) is 0 Å². The Bertz CT molecular complexity index is 1070. The highest BCUT2D eigenvalue weighted by Crippen LogP contribution is 2.29. The molecular weight excluding hydrogens is 419 g/mol. The van der Waals surface area contributed by atoms with Crippen LogP contribution in [-0.4, -0.2) is 33.9 Å². The van der Waals surface area contributed by atoms with Gasteiger partial charge in [-0.3, -0.25) is 4.72 Å². The molecule has 0 saturated heterocycles. The number of hydrogen-bond donors (Lipinski definition) is 1. The van der Waals surface area contributed by atoms with Crippen LogP contribution in [0.3, 0.4) is 0 Å². The summed E-state index contributed by atoms with van der Waals surface area (Å²) >= 11 is 11.8. The van der Waals surface area contributed by atoms with Gasteiger partial charge in [0.1, 0.15) is 4.90 Å². The molecule has 3 rings (SSSR count). The maximum atomic E-state index is 12.6. The summed E-state index contributed by atoms with van der Waals surface area (Å²) in [5, 5.41) is 0.312. The van der Waals surface area contributed by atoms with Gasteiger partial charge < -0.3 is 0 Å². The Hall–Kier alpha value is -1.32. The second-order valence-electron chi connectivity index (χ2n) is 6.01. The fraction of sp³-hybridized carbons (Fsp3) is 0.250. The molecule has 6 nitrogen and oxygen atoms in total. The van der Waals surface area contributed by atoms with Crippen LogP contribution < -0.4 is 4.72 Å². The van der Waals surface area contributed by atoms with E-state index in [-0.39, 0.29) is 21.5 Å². The zero-order valence-electron chi connectivity index (χ0n) is 13.7. The van der Waals surface area contributed by atoms with Crippen LogP contribution >= 0.6 is 23.2 Å². The number of benzene rings is 2. The largest absolute Gasteiger partial charge is 0.280 e. The van der Waals surface area contributed by atoms with E-state index < -0.39 is 20.0 Å². The van der Waals surface area contributed by atoms with Crippen molar-refractivity contribution in [2.24, 2.45) is 0 Å². The van der Waals surface area contributed by atoms with E-state index in [1.807, 2.05) is 0 Å². The minimum Gasteiger partial charge on any atom is -0.280 e. The van der Waals surface area contributed by atoms with Crippen LogP contribution in [0.2, 0.25) is 10.0 Å². The van der Waals surface area contributed by atoms with Crippen molar-refractivity contribution in [1.29, 1.82) is 0 Å². The lowest BCUT2D eigenvalue weighted by Gasteiger charge is -2.27. The molecule has 0 aliphatic carbocycles. The molecule has 0 radical (unpaired) electrons. The van der Waals surface area contributed by atoms with Gasteiger partial charge in [0, 0.05) is 23.8 Å². The van der Waals surface area contributed by atoms with Gasteiger partial charge in [-0.1, -0.05) is 29.3 Å². The summed E-state index contributed by atoms with van der Waals surface area (Å²) in [6.07, 6.45) is 1.74. The maximum absolute atomic E-state index is 12.6. The molecule has 1 heterocycles. The van der Waals surface area contributed by atoms with E-state index in [9.17, 15) is 16.8 Å². The Morgan fingerprint density at radius 2 is 1.73 bits per heavy atom. The lowest BCUT2D eigenvalue weighted by Crippen LogP contribution is -2.35. The van der Waals surface area contributed by atoms with Crippen molar-refractivity contribution in [3.05, 3.63) is 57.6 Å². The molecule has 1 aliphatic heterocycles. The third-order valence-electron chi connectivity index (χ3n) is 4.09. The zero-order chi connectivity index (χ0) is 19.1. The zero-order valence-corrected chi connectivity index (χ0v) is 16.9. The fourth-order valence-electron chi connectivity index (χ4n) is 2.77. The van der Waals surface area contributed by atoms with Gasteiger partial charge in [0.25, 0.3) is 10.0 Å². The topological polar surface area (TPSA) is 83.6 Å². The monoisotopic (exact) mass is 434 g/mol. The van der Waals surface area contributed by atoms with E-state index in [0.717, 1.165) is 17.4 Å². The van der Waals surface area contributed by atoms with E-state index >= 15 is 0 Å². The first kappa shape index (κ1) is 19.4. The minimum atomic E-state index is -3.93. The SMILES string of the molecule is CS(=O)(=O)N1CCc2ccc(NS(=O)(=O)c3cc(Cl)ccc3Cl)cc2C1. The van der Waals surface area contributed by atoms with Crippen LogP contribution in [0.5, 0.6) is 0 Å². The number of nitrogens with zero attached hydrogens (tertiary/aromatic N) is 1. The predicted molar refractivity (Wildman–Crippen MR) is 103 cm³/mol. The molecule has 0 fully saturated rings. The molecule has 2 aromatic carbocycles. The molecule has 26 heavy (non-hydrogen) atoms. The highest BCUT2D eigenvalue weighted by Gasteiger charge is 2.24. The van der Waals surface area contributed by atoms with Crippen molar-refractivity contribution >= 4 is 48.9 Å². The van der Waals surface area contributed by atoms with E-state index in [1.165, 1.54) is 22.5 Å². The molecular formula is C16H16Cl2N2O4S2. The average molecular weight is 435 g/mol. The highest BCUT2D eigenvalue weighted by atomic mass is 35.5. The van der Waals surface area contributed by atoms with Crippen molar-refractivity contribution in [1.82, 2.24) is 4.31 Å². The molecule has 1 aliphatic rings. The van der Waals surface area contributed by atoms with Crippen LogP contribution in [0, 0.1) is 0 Å². The molecule has 2 aromatic rings. The van der Waals surface area contributed by atoms with Crippen LogP contribution in [0.25, 0.3) is 0 Å². The minimum absolute atomic E-state index is 0.0584. The summed E-state index contributed by atoms with van der Waals surface area (Å²) in [5.74, 6) is 0. The molecule has 0 saturated carbocycles. The summed E-state index contributed by atoms with van der Waals surface area (Å²) in [5.41, 5.74) is 2.09. The third-order valence-corrected chi connectivity index (χ3v) is 7.44. The smallest absolute Gasteiger partial charge is 0.263 e. The third kappa shape index (κ3) is 4.15. The standard InChI is InChI=1S/C16H16Cl2N2O4S2/c1-25(21,22)20-7-6-11-2-4-14(8-12(11)10-20)19-26(23,24)16-9-13(17)3-5-15(16)18/h2-5,8-9,19H,6-7,10H2,1H3. The van der Waals surface area contributed by atoms with E-state index in [0.29, 0.717) is 18.7 Å². The Balaban J connectivity index is 1.91. The first-order valence-electron chi connectivity index (χ1n) is 7.61. The number of anilines is 1. The summed E-state index contributed by atoms with van der Waals surface area (Å²) in [4.78, 5) is -0.123. The highest BCUT2D eigenvalue weighted by molar-refractivity contribution is 7.92. The molecule has 0 atom stereocenters. The Morgan fingerprint density at radius 3 is 2.42 bits per heavy atom. The maximum Gasteiger partial charge on any atom is 0.263 e. The number of hydrogen-bond acceptors (Lipinski definition) is 4. The van der Waals surface area contributed by atoms with Gasteiger partial charge in [0.05, 0.1) is 11.3 Å². The van der Waals surface area contributed by atoms with Crippen LogP contribution in [0.4, 0.5) is 5.69 Å². The number of nitrogens with one attached hydrogen (secondary N) is 1. The lowest BCUT2D eigenvalue weighted by molar-refractivity contribution is 0.395. The van der Waals surface area contributed by atoms with Crippen molar-refractivity contribution in [3.63, 3.8) is 0 Å². The van der Waals surface area contributed by atoms with E-state index in [4.69, 9.17) is 23.2 Å². The van der Waals surface area contributed by atoms with E-state index in [2.05, 4.69) is 4.72 Å². The van der Waals surface area contributed by atoms with Crippen LogP contribution in [-0.2, 0) is 33.0 Å². The van der Waals surface area contributed by atoms with Crippen molar-refractivity contribution in [2.75, 3.05) is 17.5 Å². The molecule has 140 valence electrons. The lowest BCUT2D eigenvalue weighted by atomic mass is 10.0. The van der Waals surface area contributed by atoms with Crippen molar-refractivity contribution < 1.29 is 16.8 Å². The Morgan fingerprint density at radius 1 is 1.00 bits per heavy atom. The number of sulfonamides is 2. The Labute approximate surface area is 162 Å². The summed E-state index contributed by atoms with van der Waals surface area (Å²) in [6, 6.07) is 9.27. The first-order chi connectivity index (χ1) is 12.1. The second-order valence-corrected chi connectivity index (χ2v) is 10.5. The summed E-state index contributed by atoms with van der Waals surface area (Å²) in [7, 11) is -7.24. The Kier molecular flexibility index (Phi) is 5.24. The van der Waals surface area contributed by atoms with Crippen molar-refractivity contribution in [2.45, 2.75) is 17.9 Å². The molecule has 0 unspecified atom stereocenters. The predicted octanol–water partition coefficient (Wildman–Crippen LogP) is 3.11. The molecule has 10 heteroatoms. The second kappa shape index (κ2) is 7.01. The van der Waals surface area contributed by atoms with Gasteiger partial charge in [-0.15, -0.1) is 0 Å². The first-order valence-corrected chi connectivity index (χ1v) is 11.7. The van der Waals surface area contributed by atoms with Gasteiger partial charge in [0.2, 0.25) is 10.0 Å². The summed E-state index contributed by atoms with van der Waals surface area (Å²) < 4.78 is 52.5. The number of rotatable bonds is 4. The fourth-order valence-corrected chi connectivity index (χ4v) is 5.38. The normalized spacial score (nSPS) is 15.5. The van der Waals surface area contributed by atoms with Crippen LogP contribution in [0.15, 0.2) is 41.3 Å². The van der Waals surface area contributed by atoms with E-state index in [1.54, 1.807) is 18.2 Å². The molecule has 0 aromatic heterocycles. The van der Waals surface area contributed by atoms with Crippen LogP contribution in [0.1, 0.15) is 11.1 Å². The van der Waals surface area contributed by atoms with Gasteiger partial charge in [-0.05, 0) is 47.9 Å². The average Bonchev–Trinajstić information content (AvgIpc) is 2.55. The number of halogens is 2. The van der Waals surface area contributed by atoms with Crippen molar-refractivity contribution in [3.8, 4) is 0 Å². The molecule has 0 bridgehead atoms. The number of fused-ring (bicyclic) bond motifs is 1.